The van der Waals surface area contributed by atoms with Crippen LogP contribution >= 0.6 is 0 Å². The van der Waals surface area contributed by atoms with Gasteiger partial charge in [-0.3, -0.25) is 9.59 Å². The van der Waals surface area contributed by atoms with E-state index in [1.54, 1.807) is 18.2 Å². The molecule has 3 aromatic rings. The van der Waals surface area contributed by atoms with Crippen molar-refractivity contribution in [2.45, 2.75) is 0 Å². The highest BCUT2D eigenvalue weighted by atomic mass is 19.1. The maximum atomic E-state index is 13.5. The van der Waals surface area contributed by atoms with Gasteiger partial charge in [-0.15, -0.1) is 0 Å². The van der Waals surface area contributed by atoms with Crippen molar-refractivity contribution in [3.63, 3.8) is 0 Å². The second-order valence-corrected chi connectivity index (χ2v) is 5.63. The Bertz CT molecular complexity index is 890. The molecule has 2 N–H and O–H groups in total. The molecule has 0 spiro atoms. The molecule has 3 rings (SSSR count). The molecule has 0 unspecified atom stereocenters. The van der Waals surface area contributed by atoms with Crippen molar-refractivity contribution in [1.29, 1.82) is 0 Å². The molecule has 0 aliphatic carbocycles. The van der Waals surface area contributed by atoms with Crippen LogP contribution in [0.15, 0.2) is 73.1 Å². The topological polar surface area (TPSA) is 63.1 Å². The van der Waals surface area contributed by atoms with Gasteiger partial charge in [-0.2, -0.15) is 0 Å². The lowest BCUT2D eigenvalue weighted by Crippen LogP contribution is -2.35. The quantitative estimate of drug-likeness (QED) is 0.671. The maximum absolute atomic E-state index is 13.5. The lowest BCUT2D eigenvalue weighted by Gasteiger charge is -2.08. The smallest absolute Gasteiger partial charge is 0.254 e. The Morgan fingerprint density at radius 1 is 0.808 bits per heavy atom. The van der Waals surface area contributed by atoms with Gasteiger partial charge >= 0.3 is 0 Å². The van der Waals surface area contributed by atoms with E-state index in [9.17, 15) is 14.0 Å². The van der Waals surface area contributed by atoms with Gasteiger partial charge in [0.05, 0.1) is 5.56 Å². The van der Waals surface area contributed by atoms with Gasteiger partial charge in [0.15, 0.2) is 0 Å². The number of aromatic nitrogens is 1. The van der Waals surface area contributed by atoms with Gasteiger partial charge in [-0.25, -0.2) is 4.39 Å². The van der Waals surface area contributed by atoms with Crippen molar-refractivity contribution in [3.8, 4) is 5.69 Å². The van der Waals surface area contributed by atoms with E-state index < -0.39 is 11.7 Å². The average Bonchev–Trinajstić information content (AvgIpc) is 3.20. The number of nitrogens with zero attached hydrogens (tertiary/aromatic N) is 1. The fraction of sp³-hybridized carbons (Fsp3) is 0.100. The molecule has 2 amide bonds. The molecule has 2 aromatic carbocycles. The van der Waals surface area contributed by atoms with Crippen molar-refractivity contribution in [3.05, 3.63) is 90.0 Å². The molecule has 0 bridgehead atoms. The molecule has 0 saturated heterocycles. The van der Waals surface area contributed by atoms with E-state index in [2.05, 4.69) is 10.6 Å². The Hall–Kier alpha value is -3.41. The summed E-state index contributed by atoms with van der Waals surface area (Å²) in [5, 5.41) is 5.30. The number of carbonyl (C=O) groups is 2. The molecule has 0 fully saturated rings. The second kappa shape index (κ2) is 8.11. The highest BCUT2D eigenvalue weighted by molar-refractivity contribution is 5.95. The highest BCUT2D eigenvalue weighted by Gasteiger charge is 2.10. The number of halogens is 1. The Balaban J connectivity index is 1.47. The minimum Gasteiger partial charge on any atom is -0.350 e. The SMILES string of the molecule is O=C(NCCNC(=O)c1ccccc1F)c1ccc(-n2cccc2)cc1. The summed E-state index contributed by atoms with van der Waals surface area (Å²) >= 11 is 0. The van der Waals surface area contributed by atoms with E-state index in [1.165, 1.54) is 18.2 Å². The van der Waals surface area contributed by atoms with Gasteiger partial charge in [0.25, 0.3) is 11.8 Å². The zero-order valence-corrected chi connectivity index (χ0v) is 14.0. The van der Waals surface area contributed by atoms with E-state index in [0.717, 1.165) is 5.69 Å². The number of carbonyl (C=O) groups excluding carboxylic acids is 2. The molecular weight excluding hydrogens is 333 g/mol. The molecule has 26 heavy (non-hydrogen) atoms. The fourth-order valence-electron chi connectivity index (χ4n) is 2.49. The molecule has 0 atom stereocenters. The summed E-state index contributed by atoms with van der Waals surface area (Å²) in [5.74, 6) is -1.31. The molecule has 5 nitrogen and oxygen atoms in total. The standard InChI is InChI=1S/C20H18FN3O2/c21-18-6-2-1-5-17(18)20(26)23-12-11-22-19(25)15-7-9-16(10-8-15)24-13-3-4-14-24/h1-10,13-14H,11-12H2,(H,22,25)(H,23,26). The lowest BCUT2D eigenvalue weighted by atomic mass is 10.2. The predicted molar refractivity (Wildman–Crippen MR) is 96.8 cm³/mol. The fourth-order valence-corrected chi connectivity index (χ4v) is 2.49. The number of hydrogen-bond acceptors (Lipinski definition) is 2. The Labute approximate surface area is 150 Å². The van der Waals surface area contributed by atoms with Gasteiger partial charge in [0.2, 0.25) is 0 Å². The van der Waals surface area contributed by atoms with Crippen LogP contribution in [0.5, 0.6) is 0 Å². The molecule has 0 aliphatic rings. The van der Waals surface area contributed by atoms with Gasteiger partial charge in [0.1, 0.15) is 5.82 Å². The van der Waals surface area contributed by atoms with Crippen LogP contribution < -0.4 is 10.6 Å². The first-order valence-corrected chi connectivity index (χ1v) is 8.19. The predicted octanol–water partition coefficient (Wildman–Crippen LogP) is 2.78. The van der Waals surface area contributed by atoms with Crippen molar-refractivity contribution < 1.29 is 14.0 Å². The lowest BCUT2D eigenvalue weighted by molar-refractivity contribution is 0.0925. The molecule has 0 saturated carbocycles. The monoisotopic (exact) mass is 351 g/mol. The Kier molecular flexibility index (Phi) is 5.43. The van der Waals surface area contributed by atoms with Crippen LogP contribution in [0.2, 0.25) is 0 Å². The summed E-state index contributed by atoms with van der Waals surface area (Å²) in [7, 11) is 0. The third kappa shape index (κ3) is 4.16. The molecule has 1 aromatic heterocycles. The number of benzene rings is 2. The number of nitrogens with one attached hydrogen (secondary N) is 2. The summed E-state index contributed by atoms with van der Waals surface area (Å²) in [6, 6.07) is 16.8. The minimum absolute atomic E-state index is 0.0144. The summed E-state index contributed by atoms with van der Waals surface area (Å²) in [5.41, 5.74) is 1.48. The van der Waals surface area contributed by atoms with Crippen LogP contribution in [0, 0.1) is 5.82 Å². The molecular formula is C20H18FN3O2. The Morgan fingerprint density at radius 2 is 1.42 bits per heavy atom. The summed E-state index contributed by atoms with van der Waals surface area (Å²) in [6.45, 7) is 0.457. The van der Waals surface area contributed by atoms with E-state index in [1.807, 2.05) is 41.2 Å². The van der Waals surface area contributed by atoms with Crippen LogP contribution in [0.25, 0.3) is 5.69 Å². The van der Waals surface area contributed by atoms with E-state index >= 15 is 0 Å². The summed E-state index contributed by atoms with van der Waals surface area (Å²) in [6.07, 6.45) is 3.85. The first-order valence-electron chi connectivity index (χ1n) is 8.19. The van der Waals surface area contributed by atoms with E-state index in [4.69, 9.17) is 0 Å². The zero-order chi connectivity index (χ0) is 18.4. The van der Waals surface area contributed by atoms with Gasteiger partial charge in [-0.05, 0) is 48.5 Å². The molecule has 1 heterocycles. The average molecular weight is 351 g/mol. The molecule has 0 radical (unpaired) electrons. The first-order chi connectivity index (χ1) is 12.6. The van der Waals surface area contributed by atoms with Crippen LogP contribution in [-0.2, 0) is 0 Å². The third-order valence-corrected chi connectivity index (χ3v) is 3.85. The van der Waals surface area contributed by atoms with Gasteiger partial charge in [0, 0.05) is 36.7 Å². The van der Waals surface area contributed by atoms with E-state index in [-0.39, 0.29) is 24.6 Å². The number of amides is 2. The van der Waals surface area contributed by atoms with Gasteiger partial charge < -0.3 is 15.2 Å². The minimum atomic E-state index is -0.572. The van der Waals surface area contributed by atoms with Gasteiger partial charge in [-0.1, -0.05) is 12.1 Å². The highest BCUT2D eigenvalue weighted by Crippen LogP contribution is 2.10. The number of rotatable bonds is 6. The van der Waals surface area contributed by atoms with Crippen LogP contribution in [0.1, 0.15) is 20.7 Å². The third-order valence-electron chi connectivity index (χ3n) is 3.85. The van der Waals surface area contributed by atoms with Crippen LogP contribution in [0.4, 0.5) is 4.39 Å². The maximum Gasteiger partial charge on any atom is 0.254 e. The van der Waals surface area contributed by atoms with Crippen molar-refractivity contribution >= 4 is 11.8 Å². The zero-order valence-electron chi connectivity index (χ0n) is 14.0. The van der Waals surface area contributed by atoms with Crippen molar-refractivity contribution in [2.75, 3.05) is 13.1 Å². The van der Waals surface area contributed by atoms with Crippen LogP contribution in [-0.4, -0.2) is 29.5 Å². The Morgan fingerprint density at radius 3 is 2.08 bits per heavy atom. The summed E-state index contributed by atoms with van der Waals surface area (Å²) in [4.78, 5) is 24.0. The van der Waals surface area contributed by atoms with Crippen molar-refractivity contribution in [2.24, 2.45) is 0 Å². The molecule has 0 aliphatic heterocycles. The van der Waals surface area contributed by atoms with Crippen molar-refractivity contribution in [1.82, 2.24) is 15.2 Å². The normalized spacial score (nSPS) is 10.3. The van der Waals surface area contributed by atoms with E-state index in [0.29, 0.717) is 5.56 Å². The largest absolute Gasteiger partial charge is 0.350 e. The first kappa shape index (κ1) is 17.4. The summed E-state index contributed by atoms with van der Waals surface area (Å²) < 4.78 is 15.4. The van der Waals surface area contributed by atoms with Crippen LogP contribution in [0.3, 0.4) is 0 Å². The molecule has 132 valence electrons. The second-order valence-electron chi connectivity index (χ2n) is 5.63. The number of hydrogen-bond donors (Lipinski definition) is 2. The molecule has 6 heteroatoms.